The lowest BCUT2D eigenvalue weighted by molar-refractivity contribution is -0.129. The van der Waals surface area contributed by atoms with Crippen LogP contribution in [0, 0.1) is 13.8 Å². The Bertz CT molecular complexity index is 259. The van der Waals surface area contributed by atoms with Crippen molar-refractivity contribution in [2.24, 2.45) is 0 Å². The summed E-state index contributed by atoms with van der Waals surface area (Å²) in [5.41, 5.74) is 3.43. The topological polar surface area (TPSA) is 26.3 Å². The minimum atomic E-state index is 0.377. The quantitative estimate of drug-likeness (QED) is 0.638. The maximum atomic E-state index is 9.98. The molecule has 1 aromatic carbocycles. The number of hydrogen-bond acceptors (Lipinski definition) is 2. The molecule has 64 valence electrons. The second kappa shape index (κ2) is 3.90. The van der Waals surface area contributed by atoms with Crippen molar-refractivity contribution < 1.29 is 9.53 Å². The standard InChI is InChI=1S/C10H12O2/c1-8-4-3-5-9(2)10(8)6-12-7-11/h3-5,7H,6H2,1-2H3. The molecule has 0 saturated heterocycles. The van der Waals surface area contributed by atoms with Gasteiger partial charge in [-0.15, -0.1) is 0 Å². The van der Waals surface area contributed by atoms with Crippen LogP contribution in [-0.2, 0) is 16.1 Å². The highest BCUT2D eigenvalue weighted by Crippen LogP contribution is 2.13. The third kappa shape index (κ3) is 1.84. The minimum absolute atomic E-state index is 0.377. The molecule has 0 aliphatic heterocycles. The van der Waals surface area contributed by atoms with Crippen LogP contribution in [0.1, 0.15) is 16.7 Å². The maximum Gasteiger partial charge on any atom is 0.293 e. The predicted octanol–water partition coefficient (Wildman–Crippen LogP) is 1.98. The molecule has 0 spiro atoms. The molecule has 0 radical (unpaired) electrons. The molecule has 2 nitrogen and oxygen atoms in total. The van der Waals surface area contributed by atoms with Crippen LogP contribution in [0.25, 0.3) is 0 Å². The van der Waals surface area contributed by atoms with E-state index in [1.807, 2.05) is 32.0 Å². The highest BCUT2D eigenvalue weighted by molar-refractivity contribution is 5.39. The monoisotopic (exact) mass is 164 g/mol. The molecule has 12 heavy (non-hydrogen) atoms. The van der Waals surface area contributed by atoms with Crippen molar-refractivity contribution in [2.45, 2.75) is 20.5 Å². The zero-order valence-corrected chi connectivity index (χ0v) is 7.33. The number of hydrogen-bond donors (Lipinski definition) is 0. The van der Waals surface area contributed by atoms with Crippen LogP contribution >= 0.6 is 0 Å². The Balaban J connectivity index is 2.88. The summed E-state index contributed by atoms with van der Waals surface area (Å²) in [7, 11) is 0. The summed E-state index contributed by atoms with van der Waals surface area (Å²) < 4.78 is 4.70. The van der Waals surface area contributed by atoms with E-state index in [0.717, 1.165) is 16.7 Å². The lowest BCUT2D eigenvalue weighted by Crippen LogP contribution is -1.96. The second-order valence-electron chi connectivity index (χ2n) is 2.78. The van der Waals surface area contributed by atoms with E-state index in [2.05, 4.69) is 0 Å². The number of aryl methyl sites for hydroxylation is 2. The molecule has 0 bridgehead atoms. The highest BCUT2D eigenvalue weighted by Gasteiger charge is 2.00. The van der Waals surface area contributed by atoms with Crippen LogP contribution in [0.3, 0.4) is 0 Å². The Morgan fingerprint density at radius 1 is 1.33 bits per heavy atom. The lowest BCUT2D eigenvalue weighted by Gasteiger charge is -2.07. The fourth-order valence-electron chi connectivity index (χ4n) is 1.19. The molecule has 0 aliphatic carbocycles. The van der Waals surface area contributed by atoms with E-state index in [4.69, 9.17) is 4.74 Å². The molecule has 0 saturated carbocycles. The average molecular weight is 164 g/mol. The van der Waals surface area contributed by atoms with Gasteiger partial charge < -0.3 is 4.74 Å². The van der Waals surface area contributed by atoms with Crippen LogP contribution in [0.2, 0.25) is 0 Å². The van der Waals surface area contributed by atoms with Crippen LogP contribution in [0.15, 0.2) is 18.2 Å². The molecule has 2 heteroatoms. The van der Waals surface area contributed by atoms with Crippen molar-refractivity contribution >= 4 is 6.47 Å². The van der Waals surface area contributed by atoms with E-state index in [1.165, 1.54) is 0 Å². The van der Waals surface area contributed by atoms with Crippen molar-refractivity contribution in [3.05, 3.63) is 34.9 Å². The smallest absolute Gasteiger partial charge is 0.293 e. The number of carbonyl (C=O) groups excluding carboxylic acids is 1. The van der Waals surface area contributed by atoms with Crippen LogP contribution in [0.4, 0.5) is 0 Å². The summed E-state index contributed by atoms with van der Waals surface area (Å²) in [4.78, 5) is 9.98. The second-order valence-corrected chi connectivity index (χ2v) is 2.78. The van der Waals surface area contributed by atoms with Crippen molar-refractivity contribution in [2.75, 3.05) is 0 Å². The fourth-order valence-corrected chi connectivity index (χ4v) is 1.19. The van der Waals surface area contributed by atoms with Gasteiger partial charge in [-0.25, -0.2) is 0 Å². The zero-order chi connectivity index (χ0) is 8.97. The molecule has 1 rings (SSSR count). The van der Waals surface area contributed by atoms with Crippen molar-refractivity contribution in [3.8, 4) is 0 Å². The maximum absolute atomic E-state index is 9.98. The molecule has 0 aliphatic rings. The summed E-state index contributed by atoms with van der Waals surface area (Å²) in [5.74, 6) is 0. The molecule has 0 heterocycles. The van der Waals surface area contributed by atoms with Crippen LogP contribution < -0.4 is 0 Å². The summed E-state index contributed by atoms with van der Waals surface area (Å²) >= 11 is 0. The van der Waals surface area contributed by atoms with E-state index in [0.29, 0.717) is 13.1 Å². The number of ether oxygens (including phenoxy) is 1. The molecular formula is C10H12O2. The SMILES string of the molecule is Cc1cccc(C)c1COC=O. The number of carbonyl (C=O) groups is 1. The Labute approximate surface area is 72.2 Å². The molecule has 0 unspecified atom stereocenters. The Morgan fingerprint density at radius 3 is 2.42 bits per heavy atom. The van der Waals surface area contributed by atoms with Gasteiger partial charge in [0, 0.05) is 0 Å². The third-order valence-corrected chi connectivity index (χ3v) is 1.94. The fraction of sp³-hybridized carbons (Fsp3) is 0.300. The number of rotatable bonds is 3. The summed E-state index contributed by atoms with van der Waals surface area (Å²) in [6.45, 7) is 4.88. The summed E-state index contributed by atoms with van der Waals surface area (Å²) in [6, 6.07) is 6.02. The van der Waals surface area contributed by atoms with Gasteiger partial charge >= 0.3 is 0 Å². The first-order valence-corrected chi connectivity index (χ1v) is 3.86. The first-order chi connectivity index (χ1) is 5.75. The van der Waals surface area contributed by atoms with Gasteiger partial charge in [-0.3, -0.25) is 4.79 Å². The highest BCUT2D eigenvalue weighted by atomic mass is 16.5. The van der Waals surface area contributed by atoms with Crippen molar-refractivity contribution in [1.29, 1.82) is 0 Å². The van der Waals surface area contributed by atoms with Crippen LogP contribution in [0.5, 0.6) is 0 Å². The number of benzene rings is 1. The van der Waals surface area contributed by atoms with Crippen LogP contribution in [-0.4, -0.2) is 6.47 Å². The third-order valence-electron chi connectivity index (χ3n) is 1.94. The first kappa shape index (κ1) is 8.78. The largest absolute Gasteiger partial charge is 0.463 e. The Morgan fingerprint density at radius 2 is 1.92 bits per heavy atom. The van der Waals surface area contributed by atoms with Crippen molar-refractivity contribution in [3.63, 3.8) is 0 Å². The van der Waals surface area contributed by atoms with Gasteiger partial charge in [-0.2, -0.15) is 0 Å². The average Bonchev–Trinajstić information content (AvgIpc) is 2.04. The van der Waals surface area contributed by atoms with Gasteiger partial charge in [-0.05, 0) is 30.5 Å². The molecule has 0 amide bonds. The van der Waals surface area contributed by atoms with E-state index < -0.39 is 0 Å². The molecule has 1 aromatic rings. The normalized spacial score (nSPS) is 9.50. The minimum Gasteiger partial charge on any atom is -0.463 e. The predicted molar refractivity (Wildman–Crippen MR) is 46.8 cm³/mol. The summed E-state index contributed by atoms with van der Waals surface area (Å²) in [5, 5.41) is 0. The van der Waals surface area contributed by atoms with E-state index in [-0.39, 0.29) is 0 Å². The molecule has 0 N–H and O–H groups in total. The molecule has 0 atom stereocenters. The Kier molecular flexibility index (Phi) is 2.86. The van der Waals surface area contributed by atoms with E-state index in [1.54, 1.807) is 0 Å². The Hall–Kier alpha value is -1.31. The molecular weight excluding hydrogens is 152 g/mol. The van der Waals surface area contributed by atoms with Gasteiger partial charge in [0.25, 0.3) is 6.47 Å². The first-order valence-electron chi connectivity index (χ1n) is 3.86. The summed E-state index contributed by atoms with van der Waals surface area (Å²) in [6.07, 6.45) is 0. The molecule has 0 aromatic heterocycles. The van der Waals surface area contributed by atoms with Gasteiger partial charge in [0.1, 0.15) is 6.61 Å². The van der Waals surface area contributed by atoms with Crippen molar-refractivity contribution in [1.82, 2.24) is 0 Å². The van der Waals surface area contributed by atoms with Gasteiger partial charge in [-0.1, -0.05) is 18.2 Å². The molecule has 0 fully saturated rings. The van der Waals surface area contributed by atoms with Gasteiger partial charge in [0.15, 0.2) is 0 Å². The van der Waals surface area contributed by atoms with Gasteiger partial charge in [0.05, 0.1) is 0 Å². The van der Waals surface area contributed by atoms with Gasteiger partial charge in [0.2, 0.25) is 0 Å². The van der Waals surface area contributed by atoms with E-state index >= 15 is 0 Å². The lowest BCUT2D eigenvalue weighted by atomic mass is 10.0. The zero-order valence-electron chi connectivity index (χ0n) is 7.33. The van der Waals surface area contributed by atoms with E-state index in [9.17, 15) is 4.79 Å².